The van der Waals surface area contributed by atoms with E-state index < -0.39 is 0 Å². The maximum atomic E-state index is 7.46. The lowest BCUT2D eigenvalue weighted by molar-refractivity contribution is 0.176. The Bertz CT molecular complexity index is 639. The largest absolute Gasteiger partial charge is 0.469 e. The molecule has 1 unspecified atom stereocenters. The molecule has 0 spiro atoms. The first-order chi connectivity index (χ1) is 9.74. The molecule has 1 aromatic heterocycles. The number of benzene rings is 1. The molecule has 20 heavy (non-hydrogen) atoms. The van der Waals surface area contributed by atoms with Crippen LogP contribution in [0.2, 0.25) is 0 Å². The van der Waals surface area contributed by atoms with Gasteiger partial charge in [0.15, 0.2) is 0 Å². The molecule has 1 aromatic carbocycles. The lowest BCUT2D eigenvalue weighted by atomic mass is 9.89. The third-order valence-corrected chi connectivity index (χ3v) is 3.62. The molecule has 4 heteroatoms. The third kappa shape index (κ3) is 2.50. The maximum absolute atomic E-state index is 7.46. The summed E-state index contributed by atoms with van der Waals surface area (Å²) >= 11 is 0. The van der Waals surface area contributed by atoms with Gasteiger partial charge in [-0.3, -0.25) is 5.41 Å². The Morgan fingerprint density at radius 3 is 3.00 bits per heavy atom. The zero-order valence-electron chi connectivity index (χ0n) is 11.2. The fourth-order valence-corrected chi connectivity index (χ4v) is 2.62. The van der Waals surface area contributed by atoms with Crippen molar-refractivity contribution >= 4 is 5.84 Å². The molecule has 0 saturated heterocycles. The third-order valence-electron chi connectivity index (χ3n) is 3.62. The number of hydrogen-bond donors (Lipinski definition) is 2. The quantitative estimate of drug-likeness (QED) is 0.663. The monoisotopic (exact) mass is 267 g/mol. The normalized spacial score (nSPS) is 17.3. The predicted molar refractivity (Wildman–Crippen MR) is 78.0 cm³/mol. The lowest BCUT2D eigenvalue weighted by Gasteiger charge is -2.25. The molecule has 3 rings (SSSR count). The van der Waals surface area contributed by atoms with Crippen LogP contribution in [0.15, 0.2) is 42.6 Å². The predicted octanol–water partition coefficient (Wildman–Crippen LogP) is 2.82. The van der Waals surface area contributed by atoms with Crippen molar-refractivity contribution in [1.29, 1.82) is 5.41 Å². The number of ether oxygens (including phenoxy) is 1. The number of nitrogens with zero attached hydrogens (tertiary/aromatic N) is 1. The summed E-state index contributed by atoms with van der Waals surface area (Å²) in [4.78, 5) is 4.21. The Morgan fingerprint density at radius 1 is 1.30 bits per heavy atom. The zero-order valence-corrected chi connectivity index (χ0v) is 11.2. The van der Waals surface area contributed by atoms with Crippen LogP contribution < -0.4 is 10.5 Å². The summed E-state index contributed by atoms with van der Waals surface area (Å²) in [5.41, 5.74) is 8.73. The molecule has 0 amide bonds. The Kier molecular flexibility index (Phi) is 3.37. The topological polar surface area (TPSA) is 72.0 Å². The summed E-state index contributed by atoms with van der Waals surface area (Å²) in [6.45, 7) is 0. The average Bonchev–Trinajstić information content (AvgIpc) is 2.48. The Balaban J connectivity index is 1.85. The number of pyridine rings is 1. The smallest absolute Gasteiger partial charge is 0.214 e. The van der Waals surface area contributed by atoms with Crippen molar-refractivity contribution in [2.75, 3.05) is 0 Å². The highest BCUT2D eigenvalue weighted by Gasteiger charge is 2.21. The number of aromatic nitrogens is 1. The van der Waals surface area contributed by atoms with Gasteiger partial charge in [0.1, 0.15) is 11.9 Å². The van der Waals surface area contributed by atoms with Crippen molar-refractivity contribution in [3.8, 4) is 5.88 Å². The highest BCUT2D eigenvalue weighted by molar-refractivity contribution is 5.95. The van der Waals surface area contributed by atoms with Crippen molar-refractivity contribution in [3.63, 3.8) is 0 Å². The minimum Gasteiger partial charge on any atom is -0.469 e. The fraction of sp³-hybridized carbons (Fsp3) is 0.250. The van der Waals surface area contributed by atoms with Crippen molar-refractivity contribution in [2.24, 2.45) is 5.73 Å². The van der Waals surface area contributed by atoms with Gasteiger partial charge in [-0.25, -0.2) is 4.98 Å². The Hall–Kier alpha value is -2.36. The average molecular weight is 267 g/mol. The summed E-state index contributed by atoms with van der Waals surface area (Å²) < 4.78 is 6.01. The van der Waals surface area contributed by atoms with Crippen LogP contribution in [0.4, 0.5) is 0 Å². The molecule has 102 valence electrons. The van der Waals surface area contributed by atoms with Gasteiger partial charge in [0.2, 0.25) is 5.88 Å². The highest BCUT2D eigenvalue weighted by Crippen LogP contribution is 2.32. The summed E-state index contributed by atoms with van der Waals surface area (Å²) in [6, 6.07) is 11.8. The second-order valence-corrected chi connectivity index (χ2v) is 4.99. The van der Waals surface area contributed by atoms with E-state index in [1.807, 2.05) is 6.07 Å². The molecule has 1 atom stereocenters. The first-order valence-corrected chi connectivity index (χ1v) is 6.79. The minimum absolute atomic E-state index is 0.0290. The van der Waals surface area contributed by atoms with E-state index in [2.05, 4.69) is 23.2 Å². The van der Waals surface area contributed by atoms with Crippen LogP contribution in [0.5, 0.6) is 5.88 Å². The molecule has 1 aliphatic carbocycles. The van der Waals surface area contributed by atoms with Crippen LogP contribution >= 0.6 is 0 Å². The van der Waals surface area contributed by atoms with E-state index in [1.54, 1.807) is 18.3 Å². The number of nitrogen functional groups attached to an aromatic ring is 1. The van der Waals surface area contributed by atoms with Crippen molar-refractivity contribution in [3.05, 3.63) is 59.3 Å². The second kappa shape index (κ2) is 5.33. The fourth-order valence-electron chi connectivity index (χ4n) is 2.62. The Morgan fingerprint density at radius 2 is 2.15 bits per heavy atom. The van der Waals surface area contributed by atoms with Crippen LogP contribution in [-0.4, -0.2) is 10.8 Å². The van der Waals surface area contributed by atoms with E-state index in [0.717, 1.165) is 19.3 Å². The molecule has 2 aromatic rings. The molecule has 1 aliphatic rings. The molecule has 0 aliphatic heterocycles. The molecule has 0 bridgehead atoms. The summed E-state index contributed by atoms with van der Waals surface area (Å²) in [5.74, 6) is 0.556. The van der Waals surface area contributed by atoms with E-state index in [1.165, 1.54) is 11.1 Å². The van der Waals surface area contributed by atoms with Gasteiger partial charge in [0, 0.05) is 17.8 Å². The van der Waals surface area contributed by atoms with E-state index in [9.17, 15) is 0 Å². The van der Waals surface area contributed by atoms with Crippen LogP contribution in [0, 0.1) is 5.41 Å². The van der Waals surface area contributed by atoms with Crippen molar-refractivity contribution < 1.29 is 4.74 Å². The van der Waals surface area contributed by atoms with Gasteiger partial charge in [-0.05, 0) is 36.5 Å². The van der Waals surface area contributed by atoms with Gasteiger partial charge in [-0.2, -0.15) is 0 Å². The van der Waals surface area contributed by atoms with Gasteiger partial charge >= 0.3 is 0 Å². The van der Waals surface area contributed by atoms with E-state index in [4.69, 9.17) is 15.9 Å². The van der Waals surface area contributed by atoms with Crippen LogP contribution in [0.1, 0.15) is 35.6 Å². The first kappa shape index (κ1) is 12.7. The van der Waals surface area contributed by atoms with Gasteiger partial charge in [0.05, 0.1) is 0 Å². The summed E-state index contributed by atoms with van der Waals surface area (Å²) in [7, 11) is 0. The second-order valence-electron chi connectivity index (χ2n) is 4.99. The molecule has 0 saturated carbocycles. The van der Waals surface area contributed by atoms with Gasteiger partial charge in [-0.15, -0.1) is 0 Å². The standard InChI is InChI=1S/C16H17N3O/c17-16(18)12-8-9-19-15(10-12)20-14-7-3-5-11-4-1-2-6-13(11)14/h1-2,4,6,8-10,14H,3,5,7H2,(H3,17,18). The maximum Gasteiger partial charge on any atom is 0.214 e. The number of rotatable bonds is 3. The molecule has 0 radical (unpaired) electrons. The number of nitrogens with one attached hydrogen (secondary N) is 1. The van der Waals surface area contributed by atoms with Crippen molar-refractivity contribution in [1.82, 2.24) is 4.98 Å². The molecule has 1 heterocycles. The van der Waals surface area contributed by atoms with Gasteiger partial charge in [0.25, 0.3) is 0 Å². The number of nitrogens with two attached hydrogens (primary N) is 1. The molecule has 0 fully saturated rings. The summed E-state index contributed by atoms with van der Waals surface area (Å²) in [5, 5.41) is 7.46. The summed E-state index contributed by atoms with van der Waals surface area (Å²) in [6.07, 6.45) is 4.88. The lowest BCUT2D eigenvalue weighted by Crippen LogP contribution is -2.16. The van der Waals surface area contributed by atoms with Crippen LogP contribution in [-0.2, 0) is 6.42 Å². The molecule has 4 nitrogen and oxygen atoms in total. The number of amidine groups is 1. The zero-order chi connectivity index (χ0) is 13.9. The molecule has 3 N–H and O–H groups in total. The minimum atomic E-state index is 0.0290. The number of hydrogen-bond acceptors (Lipinski definition) is 3. The van der Waals surface area contributed by atoms with E-state index in [0.29, 0.717) is 11.4 Å². The van der Waals surface area contributed by atoms with E-state index >= 15 is 0 Å². The Labute approximate surface area is 118 Å². The molecular formula is C16H17N3O. The number of fused-ring (bicyclic) bond motifs is 1. The van der Waals surface area contributed by atoms with Crippen LogP contribution in [0.3, 0.4) is 0 Å². The van der Waals surface area contributed by atoms with E-state index in [-0.39, 0.29) is 11.9 Å². The molecular weight excluding hydrogens is 250 g/mol. The van der Waals surface area contributed by atoms with Gasteiger partial charge < -0.3 is 10.5 Å². The first-order valence-electron chi connectivity index (χ1n) is 6.79. The van der Waals surface area contributed by atoms with Gasteiger partial charge in [-0.1, -0.05) is 24.3 Å². The number of aryl methyl sites for hydroxylation is 1. The van der Waals surface area contributed by atoms with Crippen LogP contribution in [0.25, 0.3) is 0 Å². The highest BCUT2D eigenvalue weighted by atomic mass is 16.5. The van der Waals surface area contributed by atoms with Crippen molar-refractivity contribution in [2.45, 2.75) is 25.4 Å². The SMILES string of the molecule is N=C(N)c1ccnc(OC2CCCc3ccccc32)c1.